The first-order valence-electron chi connectivity index (χ1n) is 6.08. The van der Waals surface area contributed by atoms with Crippen molar-refractivity contribution in [2.45, 2.75) is 44.7 Å². The molecule has 0 bridgehead atoms. The van der Waals surface area contributed by atoms with Crippen LogP contribution in [0.3, 0.4) is 0 Å². The first-order valence-corrected chi connectivity index (χ1v) is 6.87. The summed E-state index contributed by atoms with van der Waals surface area (Å²) in [5.74, 6) is 0.341. The Hall–Kier alpha value is -1.03. The molecule has 0 aromatic heterocycles. The SMILES string of the molecule is CC(C)(C)N(C(=O)O)C1CC1c1ccc(Br)cc1. The van der Waals surface area contributed by atoms with E-state index in [1.807, 2.05) is 32.9 Å². The van der Waals surface area contributed by atoms with E-state index in [0.717, 1.165) is 10.9 Å². The molecule has 18 heavy (non-hydrogen) atoms. The Morgan fingerprint density at radius 1 is 1.33 bits per heavy atom. The summed E-state index contributed by atoms with van der Waals surface area (Å²) in [5, 5.41) is 9.35. The van der Waals surface area contributed by atoms with Gasteiger partial charge in [0.1, 0.15) is 0 Å². The molecule has 4 heteroatoms. The summed E-state index contributed by atoms with van der Waals surface area (Å²) >= 11 is 3.41. The molecule has 0 aliphatic heterocycles. The fraction of sp³-hybridized carbons (Fsp3) is 0.500. The summed E-state index contributed by atoms with van der Waals surface area (Å²) in [7, 11) is 0. The van der Waals surface area contributed by atoms with Gasteiger partial charge in [-0.2, -0.15) is 0 Å². The number of hydrogen-bond donors (Lipinski definition) is 1. The van der Waals surface area contributed by atoms with Gasteiger partial charge >= 0.3 is 6.09 Å². The summed E-state index contributed by atoms with van der Waals surface area (Å²) in [5.41, 5.74) is 0.874. The third kappa shape index (κ3) is 2.69. The van der Waals surface area contributed by atoms with Crippen molar-refractivity contribution in [3.63, 3.8) is 0 Å². The van der Waals surface area contributed by atoms with Crippen molar-refractivity contribution in [3.05, 3.63) is 34.3 Å². The van der Waals surface area contributed by atoms with Crippen LogP contribution in [0.5, 0.6) is 0 Å². The first-order chi connectivity index (χ1) is 8.30. The van der Waals surface area contributed by atoms with E-state index in [0.29, 0.717) is 5.92 Å². The molecule has 1 aliphatic carbocycles. The van der Waals surface area contributed by atoms with Crippen LogP contribution in [0, 0.1) is 0 Å². The molecule has 0 saturated heterocycles. The summed E-state index contributed by atoms with van der Waals surface area (Å²) in [6, 6.07) is 8.26. The third-order valence-corrected chi connectivity index (χ3v) is 3.84. The highest BCUT2D eigenvalue weighted by molar-refractivity contribution is 9.10. The molecule has 1 aromatic rings. The van der Waals surface area contributed by atoms with Gasteiger partial charge in [-0.15, -0.1) is 0 Å². The summed E-state index contributed by atoms with van der Waals surface area (Å²) < 4.78 is 1.05. The quantitative estimate of drug-likeness (QED) is 0.894. The molecule has 0 spiro atoms. The van der Waals surface area contributed by atoms with Gasteiger partial charge in [-0.3, -0.25) is 4.90 Å². The second kappa shape index (κ2) is 4.57. The Balaban J connectivity index is 2.14. The van der Waals surface area contributed by atoms with E-state index in [-0.39, 0.29) is 11.6 Å². The lowest BCUT2D eigenvalue weighted by Gasteiger charge is -2.33. The lowest BCUT2D eigenvalue weighted by atomic mass is 10.1. The predicted molar refractivity (Wildman–Crippen MR) is 74.9 cm³/mol. The van der Waals surface area contributed by atoms with Crippen LogP contribution in [0.25, 0.3) is 0 Å². The summed E-state index contributed by atoms with van der Waals surface area (Å²) in [6.45, 7) is 5.83. The number of halogens is 1. The number of carboxylic acid groups (broad SMARTS) is 1. The Labute approximate surface area is 116 Å². The van der Waals surface area contributed by atoms with Crippen molar-refractivity contribution in [3.8, 4) is 0 Å². The molecule has 1 amide bonds. The number of carbonyl (C=O) groups is 1. The fourth-order valence-electron chi connectivity index (χ4n) is 2.46. The molecule has 2 rings (SSSR count). The van der Waals surface area contributed by atoms with Crippen LogP contribution in [-0.2, 0) is 0 Å². The van der Waals surface area contributed by atoms with Crippen molar-refractivity contribution >= 4 is 22.0 Å². The molecule has 1 aromatic carbocycles. The third-order valence-electron chi connectivity index (χ3n) is 3.32. The second-order valence-corrected chi connectivity index (χ2v) is 6.70. The maximum atomic E-state index is 11.4. The van der Waals surface area contributed by atoms with Crippen molar-refractivity contribution in [1.29, 1.82) is 0 Å². The van der Waals surface area contributed by atoms with Gasteiger partial charge in [0, 0.05) is 22.0 Å². The van der Waals surface area contributed by atoms with Crippen LogP contribution < -0.4 is 0 Å². The highest BCUT2D eigenvalue weighted by Crippen LogP contribution is 2.47. The zero-order valence-corrected chi connectivity index (χ0v) is 12.4. The Kier molecular flexibility index (Phi) is 3.41. The maximum Gasteiger partial charge on any atom is 0.408 e. The molecule has 98 valence electrons. The minimum Gasteiger partial charge on any atom is -0.465 e. The predicted octanol–water partition coefficient (Wildman–Crippen LogP) is 4.08. The van der Waals surface area contributed by atoms with Crippen LogP contribution in [-0.4, -0.2) is 27.7 Å². The average molecular weight is 312 g/mol. The molecule has 0 heterocycles. The normalized spacial score (nSPS) is 22.7. The average Bonchev–Trinajstić information content (AvgIpc) is 2.96. The molecule has 2 atom stereocenters. The Morgan fingerprint density at radius 3 is 2.33 bits per heavy atom. The monoisotopic (exact) mass is 311 g/mol. The maximum absolute atomic E-state index is 11.4. The van der Waals surface area contributed by atoms with Gasteiger partial charge in [0.15, 0.2) is 0 Å². The second-order valence-electron chi connectivity index (χ2n) is 5.78. The summed E-state index contributed by atoms with van der Waals surface area (Å²) in [6.07, 6.45) is 0.0951. The van der Waals surface area contributed by atoms with Crippen LogP contribution in [0.4, 0.5) is 4.79 Å². The Bertz CT molecular complexity index is 450. The fourth-order valence-corrected chi connectivity index (χ4v) is 2.73. The van der Waals surface area contributed by atoms with E-state index in [2.05, 4.69) is 28.1 Å². The molecule has 1 N–H and O–H groups in total. The zero-order valence-electron chi connectivity index (χ0n) is 10.9. The van der Waals surface area contributed by atoms with Gasteiger partial charge in [0.2, 0.25) is 0 Å². The van der Waals surface area contributed by atoms with Gasteiger partial charge in [-0.1, -0.05) is 28.1 Å². The molecule has 1 aliphatic rings. The molecule has 0 radical (unpaired) electrons. The van der Waals surface area contributed by atoms with Crippen LogP contribution in [0.1, 0.15) is 38.7 Å². The topological polar surface area (TPSA) is 40.5 Å². The van der Waals surface area contributed by atoms with E-state index < -0.39 is 6.09 Å². The van der Waals surface area contributed by atoms with E-state index in [9.17, 15) is 9.90 Å². The largest absolute Gasteiger partial charge is 0.465 e. The molecular formula is C14H18BrNO2. The van der Waals surface area contributed by atoms with Gasteiger partial charge in [-0.05, 0) is 44.9 Å². The summed E-state index contributed by atoms with van der Waals surface area (Å²) in [4.78, 5) is 13.0. The smallest absolute Gasteiger partial charge is 0.408 e. The minimum absolute atomic E-state index is 0.115. The Morgan fingerprint density at radius 2 is 1.89 bits per heavy atom. The van der Waals surface area contributed by atoms with Crippen LogP contribution in [0.2, 0.25) is 0 Å². The van der Waals surface area contributed by atoms with Gasteiger partial charge in [-0.25, -0.2) is 4.79 Å². The van der Waals surface area contributed by atoms with E-state index >= 15 is 0 Å². The van der Waals surface area contributed by atoms with Gasteiger partial charge in [0.25, 0.3) is 0 Å². The standard InChI is InChI=1S/C14H18BrNO2/c1-14(2,3)16(13(17)18)12-8-11(12)9-4-6-10(15)7-5-9/h4-7,11-12H,8H2,1-3H3,(H,17,18). The van der Waals surface area contributed by atoms with E-state index in [1.165, 1.54) is 5.56 Å². The highest BCUT2D eigenvalue weighted by atomic mass is 79.9. The number of hydrogen-bond acceptors (Lipinski definition) is 1. The van der Waals surface area contributed by atoms with Crippen molar-refractivity contribution in [2.24, 2.45) is 0 Å². The number of amides is 1. The minimum atomic E-state index is -0.827. The molecule has 3 nitrogen and oxygen atoms in total. The first kappa shape index (κ1) is 13.4. The zero-order chi connectivity index (χ0) is 13.5. The number of nitrogens with zero attached hydrogens (tertiary/aromatic N) is 1. The van der Waals surface area contributed by atoms with Crippen molar-refractivity contribution < 1.29 is 9.90 Å². The van der Waals surface area contributed by atoms with Crippen LogP contribution in [0.15, 0.2) is 28.7 Å². The van der Waals surface area contributed by atoms with Crippen molar-refractivity contribution in [2.75, 3.05) is 0 Å². The van der Waals surface area contributed by atoms with Crippen LogP contribution >= 0.6 is 15.9 Å². The van der Waals surface area contributed by atoms with Crippen molar-refractivity contribution in [1.82, 2.24) is 4.90 Å². The van der Waals surface area contributed by atoms with Gasteiger partial charge in [0.05, 0.1) is 0 Å². The van der Waals surface area contributed by atoms with Gasteiger partial charge < -0.3 is 5.11 Å². The molecular weight excluding hydrogens is 294 g/mol. The van der Waals surface area contributed by atoms with E-state index in [1.54, 1.807) is 4.90 Å². The highest BCUT2D eigenvalue weighted by Gasteiger charge is 2.48. The number of benzene rings is 1. The molecule has 1 saturated carbocycles. The number of rotatable bonds is 2. The molecule has 2 unspecified atom stereocenters. The van der Waals surface area contributed by atoms with E-state index in [4.69, 9.17) is 0 Å². The lowest BCUT2D eigenvalue weighted by Crippen LogP contribution is -2.46. The molecule has 1 fully saturated rings. The lowest BCUT2D eigenvalue weighted by molar-refractivity contribution is 0.0940.